The first kappa shape index (κ1) is 20.8. The summed E-state index contributed by atoms with van der Waals surface area (Å²) < 4.78 is 5.51. The monoisotopic (exact) mass is 354 g/mol. The van der Waals surface area contributed by atoms with Crippen molar-refractivity contribution in [3.05, 3.63) is 29.8 Å². The van der Waals surface area contributed by atoms with Crippen LogP contribution in [0.5, 0.6) is 0 Å². The molecule has 1 aromatic rings. The van der Waals surface area contributed by atoms with Crippen molar-refractivity contribution in [2.24, 2.45) is 0 Å². The molecule has 0 bridgehead atoms. The van der Waals surface area contributed by atoms with E-state index >= 15 is 0 Å². The number of hydrogen-bond donors (Lipinski definition) is 1. The molecule has 1 saturated carbocycles. The van der Waals surface area contributed by atoms with E-state index < -0.39 is 0 Å². The molecule has 1 aromatic carbocycles. The van der Waals surface area contributed by atoms with Crippen molar-refractivity contribution < 1.29 is 9.53 Å². The van der Waals surface area contributed by atoms with Crippen LogP contribution in [-0.2, 0) is 4.74 Å². The Morgan fingerprint density at radius 3 is 2.38 bits per heavy atom. The lowest BCUT2D eigenvalue weighted by atomic mass is 9.95. The Morgan fingerprint density at radius 1 is 1.21 bits per heavy atom. The predicted octanol–water partition coefficient (Wildman–Crippen LogP) is 4.03. The van der Waals surface area contributed by atoms with Crippen LogP contribution in [0.4, 0.5) is 5.69 Å². The van der Waals surface area contributed by atoms with Gasteiger partial charge in [0.15, 0.2) is 0 Å². The van der Waals surface area contributed by atoms with Gasteiger partial charge in [-0.15, -0.1) is 12.4 Å². The van der Waals surface area contributed by atoms with E-state index in [0.717, 1.165) is 12.1 Å². The van der Waals surface area contributed by atoms with Crippen LogP contribution in [0.1, 0.15) is 55.8 Å². The Balaban J connectivity index is 0.00000288. The van der Waals surface area contributed by atoms with Crippen LogP contribution >= 0.6 is 12.4 Å². The Labute approximate surface area is 152 Å². The van der Waals surface area contributed by atoms with E-state index in [-0.39, 0.29) is 24.4 Å². The van der Waals surface area contributed by atoms with Gasteiger partial charge in [0.05, 0.1) is 5.56 Å². The molecule has 1 atom stereocenters. The van der Waals surface area contributed by atoms with Crippen LogP contribution in [0.3, 0.4) is 0 Å². The molecular formula is C19H31ClN2O2. The number of hydrogen-bond acceptors (Lipinski definition) is 4. The van der Waals surface area contributed by atoms with E-state index in [9.17, 15) is 4.79 Å². The number of halogens is 1. The lowest BCUT2D eigenvalue weighted by Gasteiger charge is -2.27. The van der Waals surface area contributed by atoms with Crippen LogP contribution in [0.25, 0.3) is 0 Å². The first-order chi connectivity index (χ1) is 11.1. The molecule has 0 saturated heterocycles. The number of ether oxygens (including phenoxy) is 1. The molecule has 1 N–H and O–H groups in total. The molecule has 1 aliphatic rings. The number of rotatable bonds is 7. The molecular weight excluding hydrogens is 324 g/mol. The Kier molecular flexibility index (Phi) is 9.16. The van der Waals surface area contributed by atoms with E-state index in [2.05, 4.69) is 12.2 Å². The van der Waals surface area contributed by atoms with Crippen molar-refractivity contribution in [3.63, 3.8) is 0 Å². The van der Waals surface area contributed by atoms with Crippen molar-refractivity contribution >= 4 is 24.1 Å². The minimum atomic E-state index is -0.237. The van der Waals surface area contributed by atoms with Crippen LogP contribution in [-0.4, -0.2) is 38.8 Å². The molecule has 0 amide bonds. The SMILES string of the molecule is CCC(COC(=O)c1ccc(N(C)C)cc1)NC1CCCCC1.Cl. The fraction of sp³-hybridized carbons (Fsp3) is 0.632. The molecule has 0 aromatic heterocycles. The molecule has 0 spiro atoms. The van der Waals surface area contributed by atoms with Gasteiger partial charge in [0.2, 0.25) is 0 Å². The molecule has 24 heavy (non-hydrogen) atoms. The highest BCUT2D eigenvalue weighted by atomic mass is 35.5. The first-order valence-corrected chi connectivity index (χ1v) is 8.80. The number of carbonyl (C=O) groups excluding carboxylic acids is 1. The zero-order chi connectivity index (χ0) is 16.7. The number of carbonyl (C=O) groups is 1. The number of nitrogens with one attached hydrogen (secondary N) is 1. The van der Waals surface area contributed by atoms with Gasteiger partial charge in [-0.25, -0.2) is 4.79 Å². The number of esters is 1. The zero-order valence-corrected chi connectivity index (χ0v) is 15.9. The third kappa shape index (κ3) is 6.33. The summed E-state index contributed by atoms with van der Waals surface area (Å²) in [6, 6.07) is 8.37. The fourth-order valence-corrected chi connectivity index (χ4v) is 3.04. The second kappa shape index (κ2) is 10.6. The van der Waals surface area contributed by atoms with E-state index in [1.165, 1.54) is 32.1 Å². The third-order valence-corrected chi connectivity index (χ3v) is 4.60. The minimum Gasteiger partial charge on any atom is -0.460 e. The molecule has 5 heteroatoms. The van der Waals surface area contributed by atoms with Gasteiger partial charge >= 0.3 is 5.97 Å². The molecule has 0 aliphatic heterocycles. The van der Waals surface area contributed by atoms with E-state index in [1.807, 2.05) is 43.3 Å². The van der Waals surface area contributed by atoms with Gasteiger partial charge in [-0.05, 0) is 43.5 Å². The van der Waals surface area contributed by atoms with Crippen molar-refractivity contribution in [1.82, 2.24) is 5.32 Å². The fourth-order valence-electron chi connectivity index (χ4n) is 3.04. The van der Waals surface area contributed by atoms with Gasteiger partial charge in [0, 0.05) is 31.9 Å². The Hall–Kier alpha value is -1.26. The molecule has 1 aliphatic carbocycles. The van der Waals surface area contributed by atoms with Gasteiger partial charge in [0.25, 0.3) is 0 Å². The highest BCUT2D eigenvalue weighted by Crippen LogP contribution is 2.18. The van der Waals surface area contributed by atoms with Crippen LogP contribution in [0.2, 0.25) is 0 Å². The Bertz CT molecular complexity index is 485. The van der Waals surface area contributed by atoms with Crippen molar-refractivity contribution in [2.75, 3.05) is 25.6 Å². The smallest absolute Gasteiger partial charge is 0.338 e. The summed E-state index contributed by atoms with van der Waals surface area (Å²) in [4.78, 5) is 14.2. The van der Waals surface area contributed by atoms with Crippen molar-refractivity contribution in [2.45, 2.75) is 57.5 Å². The summed E-state index contributed by atoms with van der Waals surface area (Å²) in [5, 5.41) is 3.65. The minimum absolute atomic E-state index is 0. The molecule has 136 valence electrons. The van der Waals surface area contributed by atoms with E-state index in [1.54, 1.807) is 0 Å². The molecule has 4 nitrogen and oxygen atoms in total. The number of nitrogens with zero attached hydrogens (tertiary/aromatic N) is 1. The normalized spacial score (nSPS) is 16.1. The topological polar surface area (TPSA) is 41.6 Å². The molecule has 0 heterocycles. The van der Waals surface area contributed by atoms with Gasteiger partial charge in [0.1, 0.15) is 6.61 Å². The van der Waals surface area contributed by atoms with Gasteiger partial charge in [-0.3, -0.25) is 0 Å². The molecule has 2 rings (SSSR count). The quantitative estimate of drug-likeness (QED) is 0.750. The summed E-state index contributed by atoms with van der Waals surface area (Å²) in [6.45, 7) is 2.58. The molecule has 1 fully saturated rings. The van der Waals surface area contributed by atoms with Crippen LogP contribution in [0.15, 0.2) is 24.3 Å². The van der Waals surface area contributed by atoms with Gasteiger partial charge in [-0.1, -0.05) is 26.2 Å². The van der Waals surface area contributed by atoms with E-state index in [0.29, 0.717) is 18.2 Å². The first-order valence-electron chi connectivity index (χ1n) is 8.80. The highest BCUT2D eigenvalue weighted by molar-refractivity contribution is 5.89. The third-order valence-electron chi connectivity index (χ3n) is 4.60. The summed E-state index contributed by atoms with van der Waals surface area (Å²) in [7, 11) is 3.96. The van der Waals surface area contributed by atoms with Crippen molar-refractivity contribution in [3.8, 4) is 0 Å². The van der Waals surface area contributed by atoms with Gasteiger partial charge in [-0.2, -0.15) is 0 Å². The molecule has 0 radical (unpaired) electrons. The number of benzene rings is 1. The van der Waals surface area contributed by atoms with E-state index in [4.69, 9.17) is 4.74 Å². The highest BCUT2D eigenvalue weighted by Gasteiger charge is 2.18. The second-order valence-electron chi connectivity index (χ2n) is 6.65. The molecule has 1 unspecified atom stereocenters. The maximum absolute atomic E-state index is 12.2. The average molecular weight is 355 g/mol. The predicted molar refractivity (Wildman–Crippen MR) is 102 cm³/mol. The maximum Gasteiger partial charge on any atom is 0.338 e. The van der Waals surface area contributed by atoms with Crippen molar-refractivity contribution in [1.29, 1.82) is 0 Å². The number of anilines is 1. The second-order valence-corrected chi connectivity index (χ2v) is 6.65. The van der Waals surface area contributed by atoms with Crippen LogP contribution < -0.4 is 10.2 Å². The average Bonchev–Trinajstić information content (AvgIpc) is 2.59. The lowest BCUT2D eigenvalue weighted by molar-refractivity contribution is 0.0453. The summed E-state index contributed by atoms with van der Waals surface area (Å²) in [6.07, 6.45) is 7.45. The Morgan fingerprint density at radius 2 is 1.83 bits per heavy atom. The standard InChI is InChI=1S/C19H30N2O2.ClH/c1-4-16(20-17-8-6-5-7-9-17)14-23-19(22)15-10-12-18(13-11-15)21(2)3;/h10-13,16-17,20H,4-9,14H2,1-3H3;1H. The summed E-state index contributed by atoms with van der Waals surface area (Å²) in [5.41, 5.74) is 1.69. The summed E-state index contributed by atoms with van der Waals surface area (Å²) >= 11 is 0. The summed E-state index contributed by atoms with van der Waals surface area (Å²) in [5.74, 6) is -0.237. The zero-order valence-electron chi connectivity index (χ0n) is 15.1. The lowest BCUT2D eigenvalue weighted by Crippen LogP contribution is -2.42. The van der Waals surface area contributed by atoms with Crippen LogP contribution in [0, 0.1) is 0 Å². The maximum atomic E-state index is 12.2. The van der Waals surface area contributed by atoms with Gasteiger partial charge < -0.3 is 15.0 Å². The largest absolute Gasteiger partial charge is 0.460 e.